The van der Waals surface area contributed by atoms with Crippen molar-refractivity contribution >= 4 is 28.3 Å². The fourth-order valence-corrected chi connectivity index (χ4v) is 4.22. The second-order valence-corrected chi connectivity index (χ2v) is 7.98. The van der Waals surface area contributed by atoms with E-state index < -0.39 is 0 Å². The lowest BCUT2D eigenvalue weighted by Crippen LogP contribution is -2.36. The molecule has 7 nitrogen and oxygen atoms in total. The predicted octanol–water partition coefficient (Wildman–Crippen LogP) is 3.13. The molecule has 1 N–H and O–H groups in total. The smallest absolute Gasteiger partial charge is 0.279 e. The maximum atomic E-state index is 12.7. The van der Waals surface area contributed by atoms with E-state index in [-0.39, 0.29) is 17.5 Å². The first kappa shape index (κ1) is 18.4. The number of rotatable bonds is 4. The molecule has 144 valence electrons. The van der Waals surface area contributed by atoms with E-state index in [1.165, 1.54) is 11.3 Å². The van der Waals surface area contributed by atoms with Crippen LogP contribution in [0.1, 0.15) is 37.9 Å². The van der Waals surface area contributed by atoms with Crippen LogP contribution in [0.5, 0.6) is 0 Å². The van der Waals surface area contributed by atoms with Gasteiger partial charge in [0.1, 0.15) is 5.76 Å². The molecule has 0 radical (unpaired) electrons. The SMILES string of the molecule is Cc1cccc(CC(=O)N2CCc3nc(NC(=O)c4cc(C)on4)sc3C2)c1. The summed E-state index contributed by atoms with van der Waals surface area (Å²) in [4.78, 5) is 32.3. The molecular formula is C20H20N4O3S. The van der Waals surface area contributed by atoms with Crippen molar-refractivity contribution in [3.63, 3.8) is 0 Å². The zero-order valence-corrected chi connectivity index (χ0v) is 16.5. The molecule has 3 aromatic rings. The highest BCUT2D eigenvalue weighted by atomic mass is 32.1. The van der Waals surface area contributed by atoms with Gasteiger partial charge in [0.2, 0.25) is 5.91 Å². The summed E-state index contributed by atoms with van der Waals surface area (Å²) in [5.41, 5.74) is 3.34. The molecule has 0 saturated carbocycles. The largest absolute Gasteiger partial charge is 0.361 e. The Hall–Kier alpha value is -3.00. The summed E-state index contributed by atoms with van der Waals surface area (Å²) < 4.78 is 4.93. The fraction of sp³-hybridized carbons (Fsp3) is 0.300. The van der Waals surface area contributed by atoms with Crippen LogP contribution in [-0.4, -0.2) is 33.4 Å². The lowest BCUT2D eigenvalue weighted by atomic mass is 10.1. The van der Waals surface area contributed by atoms with Crippen LogP contribution in [-0.2, 0) is 24.2 Å². The van der Waals surface area contributed by atoms with Gasteiger partial charge in [0.15, 0.2) is 10.8 Å². The average molecular weight is 396 g/mol. The van der Waals surface area contributed by atoms with Crippen molar-refractivity contribution in [3.8, 4) is 0 Å². The molecule has 1 aromatic carbocycles. The molecule has 0 unspecified atom stereocenters. The second-order valence-electron chi connectivity index (χ2n) is 6.90. The molecule has 1 aliphatic heterocycles. The topological polar surface area (TPSA) is 88.3 Å². The number of nitrogens with zero attached hydrogens (tertiary/aromatic N) is 3. The number of carbonyl (C=O) groups excluding carboxylic acids is 2. The van der Waals surface area contributed by atoms with Gasteiger partial charge in [-0.05, 0) is 19.4 Å². The molecule has 0 fully saturated rings. The third kappa shape index (κ3) is 3.96. The first-order valence-corrected chi connectivity index (χ1v) is 9.86. The number of amides is 2. The van der Waals surface area contributed by atoms with Gasteiger partial charge in [-0.1, -0.05) is 46.3 Å². The quantitative estimate of drug-likeness (QED) is 0.732. The number of hydrogen-bond acceptors (Lipinski definition) is 6. The Bertz CT molecular complexity index is 1040. The van der Waals surface area contributed by atoms with Crippen molar-refractivity contribution in [2.45, 2.75) is 33.2 Å². The summed E-state index contributed by atoms with van der Waals surface area (Å²) in [6.45, 7) is 4.91. The number of nitrogens with one attached hydrogen (secondary N) is 1. The number of carbonyl (C=O) groups is 2. The lowest BCUT2D eigenvalue weighted by molar-refractivity contribution is -0.131. The summed E-state index contributed by atoms with van der Waals surface area (Å²) in [5.74, 6) is 0.329. The zero-order valence-electron chi connectivity index (χ0n) is 15.7. The van der Waals surface area contributed by atoms with E-state index in [2.05, 4.69) is 15.5 Å². The van der Waals surface area contributed by atoms with Gasteiger partial charge in [0.05, 0.1) is 18.7 Å². The number of anilines is 1. The number of fused-ring (bicyclic) bond motifs is 1. The normalized spacial score (nSPS) is 13.3. The van der Waals surface area contributed by atoms with Crippen LogP contribution in [0.15, 0.2) is 34.9 Å². The fourth-order valence-electron chi connectivity index (χ4n) is 3.20. The van der Waals surface area contributed by atoms with Gasteiger partial charge in [-0.3, -0.25) is 14.9 Å². The van der Waals surface area contributed by atoms with Gasteiger partial charge < -0.3 is 9.42 Å². The maximum Gasteiger partial charge on any atom is 0.279 e. The van der Waals surface area contributed by atoms with Crippen molar-refractivity contribution in [2.75, 3.05) is 11.9 Å². The highest BCUT2D eigenvalue weighted by Crippen LogP contribution is 2.29. The van der Waals surface area contributed by atoms with Crippen LogP contribution in [0.3, 0.4) is 0 Å². The zero-order chi connectivity index (χ0) is 19.7. The van der Waals surface area contributed by atoms with Crippen molar-refractivity contribution in [1.82, 2.24) is 15.0 Å². The maximum absolute atomic E-state index is 12.7. The molecule has 0 aliphatic carbocycles. The van der Waals surface area contributed by atoms with Crippen LogP contribution >= 0.6 is 11.3 Å². The van der Waals surface area contributed by atoms with Crippen molar-refractivity contribution in [3.05, 3.63) is 63.5 Å². The molecule has 2 amide bonds. The van der Waals surface area contributed by atoms with E-state index in [9.17, 15) is 9.59 Å². The van der Waals surface area contributed by atoms with Crippen LogP contribution in [0.4, 0.5) is 5.13 Å². The Morgan fingerprint density at radius 1 is 1.29 bits per heavy atom. The van der Waals surface area contributed by atoms with Crippen molar-refractivity contribution in [1.29, 1.82) is 0 Å². The van der Waals surface area contributed by atoms with Crippen molar-refractivity contribution < 1.29 is 14.1 Å². The van der Waals surface area contributed by atoms with Gasteiger partial charge in [0.25, 0.3) is 5.91 Å². The highest BCUT2D eigenvalue weighted by molar-refractivity contribution is 7.15. The minimum Gasteiger partial charge on any atom is -0.361 e. The van der Waals surface area contributed by atoms with Gasteiger partial charge in [-0.15, -0.1) is 0 Å². The van der Waals surface area contributed by atoms with E-state index in [1.807, 2.05) is 36.1 Å². The molecule has 2 aromatic heterocycles. The summed E-state index contributed by atoms with van der Waals surface area (Å²) in [5, 5.41) is 6.99. The van der Waals surface area contributed by atoms with E-state index in [0.29, 0.717) is 36.8 Å². The highest BCUT2D eigenvalue weighted by Gasteiger charge is 2.25. The molecule has 0 atom stereocenters. The van der Waals surface area contributed by atoms with Crippen LogP contribution < -0.4 is 5.32 Å². The van der Waals surface area contributed by atoms with E-state index in [1.54, 1.807) is 13.0 Å². The van der Waals surface area contributed by atoms with Gasteiger partial charge in [-0.2, -0.15) is 0 Å². The average Bonchev–Trinajstić information content (AvgIpc) is 3.26. The first-order chi connectivity index (χ1) is 13.5. The Morgan fingerprint density at radius 2 is 2.14 bits per heavy atom. The standard InChI is InChI=1S/C20H20N4O3S/c1-12-4-3-5-14(8-12)10-18(25)24-7-6-15-17(11-24)28-20(21-15)22-19(26)16-9-13(2)27-23-16/h3-5,8-9H,6-7,10-11H2,1-2H3,(H,21,22,26). The molecule has 3 heterocycles. The van der Waals surface area contributed by atoms with Crippen molar-refractivity contribution in [2.24, 2.45) is 0 Å². The molecule has 28 heavy (non-hydrogen) atoms. The van der Waals surface area contributed by atoms with Crippen LogP contribution in [0.2, 0.25) is 0 Å². The predicted molar refractivity (Wildman–Crippen MR) is 105 cm³/mol. The molecule has 4 rings (SSSR count). The summed E-state index contributed by atoms with van der Waals surface area (Å²) in [6.07, 6.45) is 1.08. The van der Waals surface area contributed by atoms with Gasteiger partial charge in [-0.25, -0.2) is 4.98 Å². The van der Waals surface area contributed by atoms with Crippen LogP contribution in [0, 0.1) is 13.8 Å². The first-order valence-electron chi connectivity index (χ1n) is 9.04. The molecule has 1 aliphatic rings. The third-order valence-corrected chi connectivity index (χ3v) is 5.60. The minimum atomic E-state index is -0.352. The van der Waals surface area contributed by atoms with E-state index >= 15 is 0 Å². The number of aryl methyl sites for hydroxylation is 2. The molecular weight excluding hydrogens is 376 g/mol. The lowest BCUT2D eigenvalue weighted by Gasteiger charge is -2.26. The summed E-state index contributed by atoms with van der Waals surface area (Å²) in [7, 11) is 0. The van der Waals surface area contributed by atoms with Gasteiger partial charge >= 0.3 is 0 Å². The number of thiazole rings is 1. The number of benzene rings is 1. The van der Waals surface area contributed by atoms with E-state index in [4.69, 9.17) is 4.52 Å². The molecule has 0 saturated heterocycles. The van der Waals surface area contributed by atoms with E-state index in [0.717, 1.165) is 21.7 Å². The van der Waals surface area contributed by atoms with Crippen LogP contribution in [0.25, 0.3) is 0 Å². The Morgan fingerprint density at radius 3 is 2.89 bits per heavy atom. The number of aromatic nitrogens is 2. The Kier molecular flexibility index (Phi) is 4.95. The third-order valence-electron chi connectivity index (χ3n) is 4.60. The second kappa shape index (κ2) is 7.55. The summed E-state index contributed by atoms with van der Waals surface area (Å²) >= 11 is 1.40. The summed E-state index contributed by atoms with van der Waals surface area (Å²) in [6, 6.07) is 9.59. The monoisotopic (exact) mass is 396 g/mol. The molecule has 0 bridgehead atoms. The van der Waals surface area contributed by atoms with Gasteiger partial charge in [0, 0.05) is 23.9 Å². The number of hydrogen-bond donors (Lipinski definition) is 1. The molecule has 0 spiro atoms. The Balaban J connectivity index is 1.41. The molecule has 8 heteroatoms. The minimum absolute atomic E-state index is 0.105. The Labute approximate surface area is 166 Å².